The Morgan fingerprint density at radius 1 is 1.33 bits per heavy atom. The molecule has 1 amide bonds. The van der Waals surface area contributed by atoms with Gasteiger partial charge in [0.1, 0.15) is 12.3 Å². The smallest absolute Gasteiger partial charge is 0.325 e. The Hall–Kier alpha value is -2.12. The van der Waals surface area contributed by atoms with Crippen LogP contribution >= 0.6 is 0 Å². The zero-order valence-electron chi connectivity index (χ0n) is 16.0. The lowest BCUT2D eigenvalue weighted by atomic mass is 9.73. The average Bonchev–Trinajstić information content (AvgIpc) is 3.17. The molecular weight excluding hydrogens is 348 g/mol. The number of carbonyl (C=O) groups excluding carboxylic acids is 2. The van der Waals surface area contributed by atoms with E-state index in [1.807, 2.05) is 24.3 Å². The fraction of sp³-hybridized carbons (Fsp3) is 0.600. The van der Waals surface area contributed by atoms with Gasteiger partial charge in [-0.2, -0.15) is 0 Å². The molecule has 0 aromatic heterocycles. The minimum Gasteiger partial charge on any atom is -0.497 e. The Balaban J connectivity index is 1.67. The van der Waals surface area contributed by atoms with E-state index in [1.165, 1.54) is 7.11 Å². The SMILES string of the molecule is COC(=O)CNC(=O)C1(Cc2cccc(OC)c2)CN(CC2CCOC2)C1. The van der Waals surface area contributed by atoms with Crippen molar-refractivity contribution in [3.05, 3.63) is 29.8 Å². The third-order valence-corrected chi connectivity index (χ3v) is 5.37. The number of hydrogen-bond donors (Lipinski definition) is 1. The van der Waals surface area contributed by atoms with E-state index < -0.39 is 11.4 Å². The van der Waals surface area contributed by atoms with Crippen molar-refractivity contribution in [2.45, 2.75) is 12.8 Å². The summed E-state index contributed by atoms with van der Waals surface area (Å²) in [6, 6.07) is 7.79. The van der Waals surface area contributed by atoms with Crippen LogP contribution in [0.25, 0.3) is 0 Å². The number of esters is 1. The van der Waals surface area contributed by atoms with Gasteiger partial charge in [-0.3, -0.25) is 9.59 Å². The van der Waals surface area contributed by atoms with Gasteiger partial charge in [0, 0.05) is 26.2 Å². The summed E-state index contributed by atoms with van der Waals surface area (Å²) in [4.78, 5) is 26.6. The topological polar surface area (TPSA) is 77.1 Å². The van der Waals surface area contributed by atoms with E-state index in [0.717, 1.165) is 37.5 Å². The number of nitrogens with zero attached hydrogens (tertiary/aromatic N) is 1. The molecule has 27 heavy (non-hydrogen) atoms. The largest absolute Gasteiger partial charge is 0.497 e. The molecule has 2 fully saturated rings. The summed E-state index contributed by atoms with van der Waals surface area (Å²) in [6.45, 7) is 3.82. The molecule has 2 heterocycles. The van der Waals surface area contributed by atoms with Crippen LogP contribution in [0.15, 0.2) is 24.3 Å². The Morgan fingerprint density at radius 2 is 2.15 bits per heavy atom. The Kier molecular flexibility index (Phi) is 6.34. The highest BCUT2D eigenvalue weighted by molar-refractivity contribution is 5.87. The van der Waals surface area contributed by atoms with Crippen molar-refractivity contribution >= 4 is 11.9 Å². The van der Waals surface area contributed by atoms with Crippen LogP contribution in [-0.2, 0) is 25.5 Å². The summed E-state index contributed by atoms with van der Waals surface area (Å²) >= 11 is 0. The van der Waals surface area contributed by atoms with E-state index in [1.54, 1.807) is 7.11 Å². The van der Waals surface area contributed by atoms with E-state index in [4.69, 9.17) is 9.47 Å². The Morgan fingerprint density at radius 3 is 2.81 bits per heavy atom. The number of methoxy groups -OCH3 is 2. The number of amides is 1. The number of likely N-dealkylation sites (tertiary alicyclic amines) is 1. The molecule has 1 aromatic carbocycles. The van der Waals surface area contributed by atoms with Gasteiger partial charge in [-0.25, -0.2) is 0 Å². The van der Waals surface area contributed by atoms with Crippen molar-refractivity contribution in [2.24, 2.45) is 11.3 Å². The maximum atomic E-state index is 12.9. The molecule has 3 rings (SSSR count). The molecule has 148 valence electrons. The number of carbonyl (C=O) groups is 2. The fourth-order valence-electron chi connectivity index (χ4n) is 3.95. The second-order valence-electron chi connectivity index (χ2n) is 7.47. The van der Waals surface area contributed by atoms with E-state index in [2.05, 4.69) is 15.0 Å². The van der Waals surface area contributed by atoms with Crippen LogP contribution in [0.1, 0.15) is 12.0 Å². The van der Waals surface area contributed by atoms with Crippen molar-refractivity contribution in [3.8, 4) is 5.75 Å². The van der Waals surface area contributed by atoms with Crippen LogP contribution in [0.5, 0.6) is 5.75 Å². The van der Waals surface area contributed by atoms with Crippen molar-refractivity contribution in [1.82, 2.24) is 10.2 Å². The van der Waals surface area contributed by atoms with Crippen LogP contribution in [0.2, 0.25) is 0 Å². The Labute approximate surface area is 160 Å². The monoisotopic (exact) mass is 376 g/mol. The molecule has 1 unspecified atom stereocenters. The number of nitrogens with one attached hydrogen (secondary N) is 1. The number of hydrogen-bond acceptors (Lipinski definition) is 6. The second-order valence-corrected chi connectivity index (χ2v) is 7.47. The van der Waals surface area contributed by atoms with Gasteiger partial charge in [0.25, 0.3) is 0 Å². The summed E-state index contributed by atoms with van der Waals surface area (Å²) in [7, 11) is 2.95. The average molecular weight is 376 g/mol. The molecule has 7 nitrogen and oxygen atoms in total. The van der Waals surface area contributed by atoms with Crippen molar-refractivity contribution in [3.63, 3.8) is 0 Å². The lowest BCUT2D eigenvalue weighted by Crippen LogP contribution is -2.65. The van der Waals surface area contributed by atoms with E-state index in [9.17, 15) is 9.59 Å². The third kappa shape index (κ3) is 4.78. The summed E-state index contributed by atoms with van der Waals surface area (Å²) in [6.07, 6.45) is 1.68. The molecule has 7 heteroatoms. The normalized spacial score (nSPS) is 21.3. The van der Waals surface area contributed by atoms with Gasteiger partial charge in [-0.15, -0.1) is 0 Å². The lowest BCUT2D eigenvalue weighted by Gasteiger charge is -2.49. The molecule has 2 aliphatic rings. The third-order valence-electron chi connectivity index (χ3n) is 5.37. The van der Waals surface area contributed by atoms with Gasteiger partial charge in [-0.05, 0) is 36.5 Å². The van der Waals surface area contributed by atoms with Crippen molar-refractivity contribution in [2.75, 3.05) is 53.6 Å². The van der Waals surface area contributed by atoms with Crippen LogP contribution in [0, 0.1) is 11.3 Å². The highest BCUT2D eigenvalue weighted by atomic mass is 16.5. The van der Waals surface area contributed by atoms with Crippen LogP contribution < -0.4 is 10.1 Å². The molecule has 2 aliphatic heterocycles. The van der Waals surface area contributed by atoms with Gasteiger partial charge in [-0.1, -0.05) is 12.1 Å². The molecule has 1 atom stereocenters. The zero-order valence-corrected chi connectivity index (χ0v) is 16.0. The van der Waals surface area contributed by atoms with Gasteiger partial charge < -0.3 is 24.4 Å². The van der Waals surface area contributed by atoms with Gasteiger partial charge in [0.2, 0.25) is 5.91 Å². The van der Waals surface area contributed by atoms with Gasteiger partial charge >= 0.3 is 5.97 Å². The fourth-order valence-corrected chi connectivity index (χ4v) is 3.95. The quantitative estimate of drug-likeness (QED) is 0.679. The predicted octanol–water partition coefficient (Wildman–Crippen LogP) is 0.865. The highest BCUT2D eigenvalue weighted by Gasteiger charge is 2.49. The summed E-state index contributed by atoms with van der Waals surface area (Å²) in [5.41, 5.74) is 0.506. The van der Waals surface area contributed by atoms with E-state index in [-0.39, 0.29) is 12.5 Å². The second kappa shape index (κ2) is 8.71. The molecule has 0 aliphatic carbocycles. The predicted molar refractivity (Wildman–Crippen MR) is 99.5 cm³/mol. The van der Waals surface area contributed by atoms with Crippen LogP contribution in [-0.4, -0.2) is 70.4 Å². The van der Waals surface area contributed by atoms with E-state index in [0.29, 0.717) is 25.4 Å². The minimum absolute atomic E-state index is 0.102. The first-order valence-corrected chi connectivity index (χ1v) is 9.33. The Bertz CT molecular complexity index is 666. The highest BCUT2D eigenvalue weighted by Crippen LogP contribution is 2.36. The standard InChI is InChI=1S/C20H28N2O5/c1-25-17-5-3-4-15(8-17)9-20(19(24)21-10-18(23)26-2)13-22(14-20)11-16-6-7-27-12-16/h3-5,8,16H,6-7,9-14H2,1-2H3,(H,21,24). The lowest BCUT2D eigenvalue weighted by molar-refractivity contribution is -0.147. The maximum absolute atomic E-state index is 12.9. The first-order chi connectivity index (χ1) is 13.0. The summed E-state index contributed by atoms with van der Waals surface area (Å²) in [5.74, 6) is 0.767. The maximum Gasteiger partial charge on any atom is 0.325 e. The van der Waals surface area contributed by atoms with Gasteiger partial charge in [0.15, 0.2) is 0 Å². The molecular formula is C20H28N2O5. The molecule has 2 saturated heterocycles. The van der Waals surface area contributed by atoms with Crippen LogP contribution in [0.3, 0.4) is 0 Å². The molecule has 0 saturated carbocycles. The zero-order chi connectivity index (χ0) is 19.3. The van der Waals surface area contributed by atoms with Crippen molar-refractivity contribution < 1.29 is 23.8 Å². The number of rotatable bonds is 8. The molecule has 0 radical (unpaired) electrons. The number of benzene rings is 1. The molecule has 0 spiro atoms. The molecule has 0 bridgehead atoms. The van der Waals surface area contributed by atoms with E-state index >= 15 is 0 Å². The number of ether oxygens (including phenoxy) is 3. The summed E-state index contributed by atoms with van der Waals surface area (Å²) < 4.78 is 15.4. The van der Waals surface area contributed by atoms with Crippen LogP contribution in [0.4, 0.5) is 0 Å². The van der Waals surface area contributed by atoms with Crippen molar-refractivity contribution in [1.29, 1.82) is 0 Å². The molecule has 1 N–H and O–H groups in total. The van der Waals surface area contributed by atoms with Gasteiger partial charge in [0.05, 0.1) is 26.2 Å². The summed E-state index contributed by atoms with van der Waals surface area (Å²) in [5, 5.41) is 2.74. The first kappa shape index (κ1) is 19.6. The minimum atomic E-state index is -0.542. The first-order valence-electron chi connectivity index (χ1n) is 9.33. The molecule has 1 aromatic rings.